The average Bonchev–Trinajstić information content (AvgIpc) is 2.33. The van der Waals surface area contributed by atoms with Crippen molar-refractivity contribution in [3.63, 3.8) is 0 Å². The van der Waals surface area contributed by atoms with Crippen LogP contribution in [0.15, 0.2) is 46.6 Å². The summed E-state index contributed by atoms with van der Waals surface area (Å²) >= 11 is 1.48. The monoisotopic (exact) mass is 275 g/mol. The molecule has 4 nitrogen and oxygen atoms in total. The van der Waals surface area contributed by atoms with Crippen LogP contribution in [0.3, 0.4) is 0 Å². The van der Waals surface area contributed by atoms with Gasteiger partial charge in [-0.25, -0.2) is 9.97 Å². The first kappa shape index (κ1) is 13.7. The predicted octanol–water partition coefficient (Wildman–Crippen LogP) is 3.39. The number of nitrogens with zero attached hydrogens (tertiary/aromatic N) is 2. The number of anilines is 1. The number of pyridine rings is 2. The quantitative estimate of drug-likeness (QED) is 0.930. The van der Waals surface area contributed by atoms with Gasteiger partial charge in [0.2, 0.25) is 5.88 Å². The van der Waals surface area contributed by atoms with E-state index < -0.39 is 0 Å². The second-order valence-corrected chi connectivity index (χ2v) is 6.07. The maximum Gasteiger partial charge on any atom is 0.238 e. The van der Waals surface area contributed by atoms with Gasteiger partial charge in [-0.2, -0.15) is 0 Å². The van der Waals surface area contributed by atoms with Crippen molar-refractivity contribution in [2.75, 3.05) is 5.73 Å². The van der Waals surface area contributed by atoms with E-state index in [1.165, 1.54) is 11.8 Å². The molecule has 2 rings (SSSR count). The second-order valence-electron chi connectivity index (χ2n) is 5.03. The minimum absolute atomic E-state index is 0.324. The first-order valence-corrected chi connectivity index (χ1v) is 6.80. The van der Waals surface area contributed by atoms with Crippen LogP contribution < -0.4 is 10.5 Å². The Bertz CT molecular complexity index is 552. The Balaban J connectivity index is 2.21. The largest absolute Gasteiger partial charge is 0.470 e. The van der Waals surface area contributed by atoms with E-state index in [1.54, 1.807) is 12.3 Å². The van der Waals surface area contributed by atoms with E-state index in [1.807, 2.05) is 45.0 Å². The third-order valence-electron chi connectivity index (χ3n) is 2.11. The zero-order chi connectivity index (χ0) is 13.9. The molecule has 0 aliphatic rings. The summed E-state index contributed by atoms with van der Waals surface area (Å²) in [5.74, 6) is 0.466. The van der Waals surface area contributed by atoms with E-state index in [2.05, 4.69) is 9.97 Å². The number of ether oxygens (including phenoxy) is 1. The van der Waals surface area contributed by atoms with Gasteiger partial charge in [0.15, 0.2) is 0 Å². The van der Waals surface area contributed by atoms with E-state index >= 15 is 0 Å². The molecule has 0 unspecified atom stereocenters. The van der Waals surface area contributed by atoms with Crippen molar-refractivity contribution in [3.8, 4) is 5.88 Å². The highest BCUT2D eigenvalue weighted by atomic mass is 32.2. The van der Waals surface area contributed by atoms with Crippen molar-refractivity contribution in [2.24, 2.45) is 0 Å². The fraction of sp³-hybridized carbons (Fsp3) is 0.286. The van der Waals surface area contributed by atoms with Gasteiger partial charge in [0, 0.05) is 6.20 Å². The molecule has 2 heterocycles. The lowest BCUT2D eigenvalue weighted by atomic mass is 10.2. The summed E-state index contributed by atoms with van der Waals surface area (Å²) in [5, 5.41) is 1.70. The maximum atomic E-state index is 5.88. The molecule has 0 amide bonds. The average molecular weight is 275 g/mol. The minimum atomic E-state index is -0.324. The molecule has 100 valence electrons. The zero-order valence-electron chi connectivity index (χ0n) is 11.3. The van der Waals surface area contributed by atoms with Crippen LogP contribution in [-0.4, -0.2) is 15.6 Å². The Kier molecular flexibility index (Phi) is 3.95. The fourth-order valence-corrected chi connectivity index (χ4v) is 2.12. The molecule has 0 fully saturated rings. The van der Waals surface area contributed by atoms with Gasteiger partial charge in [-0.05, 0) is 56.8 Å². The second kappa shape index (κ2) is 5.48. The summed E-state index contributed by atoms with van der Waals surface area (Å²) in [5.41, 5.74) is 6.10. The topological polar surface area (TPSA) is 61.0 Å². The SMILES string of the molecule is CC(C)(C)Oc1nc(Sc2ccccn2)ccc1N. The lowest BCUT2D eigenvalue weighted by Crippen LogP contribution is -2.24. The van der Waals surface area contributed by atoms with E-state index in [0.29, 0.717) is 11.6 Å². The van der Waals surface area contributed by atoms with Crippen molar-refractivity contribution in [1.82, 2.24) is 9.97 Å². The molecule has 0 aliphatic heterocycles. The van der Waals surface area contributed by atoms with Crippen molar-refractivity contribution in [1.29, 1.82) is 0 Å². The van der Waals surface area contributed by atoms with Crippen molar-refractivity contribution in [3.05, 3.63) is 36.5 Å². The van der Waals surface area contributed by atoms with Gasteiger partial charge in [0.1, 0.15) is 15.7 Å². The van der Waals surface area contributed by atoms with Crippen LogP contribution in [-0.2, 0) is 0 Å². The third-order valence-corrected chi connectivity index (χ3v) is 3.00. The van der Waals surface area contributed by atoms with Crippen LogP contribution in [0.2, 0.25) is 0 Å². The molecule has 2 aromatic heterocycles. The van der Waals surface area contributed by atoms with Crippen LogP contribution in [0.5, 0.6) is 5.88 Å². The maximum absolute atomic E-state index is 5.88. The number of aromatic nitrogens is 2. The number of hydrogen-bond acceptors (Lipinski definition) is 5. The summed E-state index contributed by atoms with van der Waals surface area (Å²) in [4.78, 5) is 8.68. The molecule has 0 bridgehead atoms. The fourth-order valence-electron chi connectivity index (χ4n) is 1.38. The number of hydrogen-bond donors (Lipinski definition) is 1. The molecule has 0 saturated heterocycles. The van der Waals surface area contributed by atoms with Crippen LogP contribution in [0, 0.1) is 0 Å². The smallest absolute Gasteiger partial charge is 0.238 e. The highest BCUT2D eigenvalue weighted by molar-refractivity contribution is 7.99. The van der Waals surface area contributed by atoms with E-state index in [0.717, 1.165) is 10.1 Å². The van der Waals surface area contributed by atoms with E-state index in [-0.39, 0.29) is 5.60 Å². The molecule has 0 radical (unpaired) electrons. The van der Waals surface area contributed by atoms with Gasteiger partial charge in [-0.1, -0.05) is 6.07 Å². The zero-order valence-corrected chi connectivity index (χ0v) is 12.1. The molecular weight excluding hydrogens is 258 g/mol. The minimum Gasteiger partial charge on any atom is -0.470 e. The lowest BCUT2D eigenvalue weighted by molar-refractivity contribution is 0.124. The van der Waals surface area contributed by atoms with Crippen molar-refractivity contribution >= 4 is 17.4 Å². The molecule has 0 aliphatic carbocycles. The first-order valence-electron chi connectivity index (χ1n) is 5.98. The van der Waals surface area contributed by atoms with Gasteiger partial charge in [-0.3, -0.25) is 0 Å². The molecule has 5 heteroatoms. The molecule has 2 N–H and O–H groups in total. The van der Waals surface area contributed by atoms with E-state index in [9.17, 15) is 0 Å². The van der Waals surface area contributed by atoms with Crippen molar-refractivity contribution < 1.29 is 4.74 Å². The number of nitrogen functional groups attached to an aromatic ring is 1. The standard InChI is InChI=1S/C14H17N3OS/c1-14(2,3)18-13-10(15)7-8-12(17-13)19-11-6-4-5-9-16-11/h4-9H,15H2,1-3H3. The molecule has 19 heavy (non-hydrogen) atoms. The van der Waals surface area contributed by atoms with Crippen LogP contribution in [0.1, 0.15) is 20.8 Å². The van der Waals surface area contributed by atoms with Gasteiger partial charge in [0.25, 0.3) is 0 Å². The normalized spacial score (nSPS) is 11.3. The molecule has 0 saturated carbocycles. The van der Waals surface area contributed by atoms with E-state index in [4.69, 9.17) is 10.5 Å². The Hall–Kier alpha value is -1.75. The Labute approximate surface area is 117 Å². The van der Waals surface area contributed by atoms with Crippen molar-refractivity contribution in [2.45, 2.75) is 36.4 Å². The van der Waals surface area contributed by atoms with Crippen LogP contribution in [0.25, 0.3) is 0 Å². The summed E-state index contributed by atoms with van der Waals surface area (Å²) in [6, 6.07) is 9.43. The highest BCUT2D eigenvalue weighted by Gasteiger charge is 2.15. The van der Waals surface area contributed by atoms with Gasteiger partial charge in [0.05, 0.1) is 5.69 Å². The van der Waals surface area contributed by atoms with Crippen LogP contribution in [0.4, 0.5) is 5.69 Å². The summed E-state index contributed by atoms with van der Waals surface area (Å²) < 4.78 is 5.74. The summed E-state index contributed by atoms with van der Waals surface area (Å²) in [6.45, 7) is 5.89. The molecule has 0 aromatic carbocycles. The number of rotatable bonds is 3. The predicted molar refractivity (Wildman–Crippen MR) is 77.4 cm³/mol. The molecule has 0 atom stereocenters. The molecule has 2 aromatic rings. The van der Waals surface area contributed by atoms with Gasteiger partial charge in [-0.15, -0.1) is 0 Å². The number of nitrogens with two attached hydrogens (primary N) is 1. The molecular formula is C14H17N3OS. The van der Waals surface area contributed by atoms with Crippen LogP contribution >= 0.6 is 11.8 Å². The Morgan fingerprint density at radius 2 is 1.89 bits per heavy atom. The summed E-state index contributed by atoms with van der Waals surface area (Å²) in [6.07, 6.45) is 1.76. The Morgan fingerprint density at radius 3 is 2.53 bits per heavy atom. The molecule has 0 spiro atoms. The highest BCUT2D eigenvalue weighted by Crippen LogP contribution is 2.30. The summed E-state index contributed by atoms with van der Waals surface area (Å²) in [7, 11) is 0. The third kappa shape index (κ3) is 4.13. The first-order chi connectivity index (χ1) is 8.94. The van der Waals surface area contributed by atoms with Gasteiger partial charge >= 0.3 is 0 Å². The Morgan fingerprint density at radius 1 is 1.11 bits per heavy atom. The van der Waals surface area contributed by atoms with Gasteiger partial charge < -0.3 is 10.5 Å². The lowest BCUT2D eigenvalue weighted by Gasteiger charge is -2.21.